The number of halogens is 2. The molecule has 0 spiro atoms. The minimum atomic E-state index is -3.16. The van der Waals surface area contributed by atoms with Crippen molar-refractivity contribution in [3.05, 3.63) is 53.6 Å². The lowest BCUT2D eigenvalue weighted by Gasteiger charge is -2.15. The first-order chi connectivity index (χ1) is 12.4. The summed E-state index contributed by atoms with van der Waals surface area (Å²) in [6.45, 7) is -3.21. The lowest BCUT2D eigenvalue weighted by Crippen LogP contribution is -2.16. The minimum absolute atomic E-state index is 0.0500. The third-order valence-electron chi connectivity index (χ3n) is 3.20. The number of hydrogen-bond acceptors (Lipinski definition) is 5. The van der Waals surface area contributed by atoms with Crippen LogP contribution in [0.3, 0.4) is 0 Å². The topological polar surface area (TPSA) is 94.1 Å². The second-order valence-corrected chi connectivity index (χ2v) is 4.92. The molecule has 0 fully saturated rings. The van der Waals surface area contributed by atoms with Crippen LogP contribution in [-0.4, -0.2) is 30.9 Å². The molecule has 2 N–H and O–H groups in total. The molecule has 138 valence electrons. The van der Waals surface area contributed by atoms with Gasteiger partial charge in [-0.05, 0) is 5.56 Å². The second kappa shape index (κ2) is 8.65. The molecule has 1 amide bonds. The van der Waals surface area contributed by atoms with E-state index < -0.39 is 24.4 Å². The average molecular weight is 367 g/mol. The predicted molar refractivity (Wildman–Crippen MR) is 86.8 cm³/mol. The maximum Gasteiger partial charge on any atom is 0.411 e. The van der Waals surface area contributed by atoms with Crippen molar-refractivity contribution in [2.24, 2.45) is 0 Å². The zero-order chi connectivity index (χ0) is 19.1. The number of hydrogen-bond donors (Lipinski definition) is 2. The van der Waals surface area contributed by atoms with E-state index in [1.165, 1.54) is 7.11 Å². The summed E-state index contributed by atoms with van der Waals surface area (Å²) in [7, 11) is 1.17. The molecular formula is C17H15F2NO6. The van der Waals surface area contributed by atoms with Gasteiger partial charge in [0.15, 0.2) is 11.5 Å². The maximum absolute atomic E-state index is 12.5. The number of ether oxygens (including phenoxy) is 3. The molecule has 26 heavy (non-hydrogen) atoms. The highest BCUT2D eigenvalue weighted by molar-refractivity contribution is 5.99. The molecule has 0 radical (unpaired) electrons. The first-order valence-electron chi connectivity index (χ1n) is 7.28. The molecule has 0 atom stereocenters. The Labute approximate surface area is 147 Å². The largest absolute Gasteiger partial charge is 0.493 e. The number of carbonyl (C=O) groups is 2. The summed E-state index contributed by atoms with van der Waals surface area (Å²) in [5.74, 6) is -2.04. The molecule has 0 bridgehead atoms. The predicted octanol–water partition coefficient (Wildman–Crippen LogP) is 3.74. The first-order valence-corrected chi connectivity index (χ1v) is 7.28. The van der Waals surface area contributed by atoms with Crippen molar-refractivity contribution in [1.29, 1.82) is 0 Å². The van der Waals surface area contributed by atoms with Crippen LogP contribution in [0.2, 0.25) is 0 Å². The van der Waals surface area contributed by atoms with Crippen molar-refractivity contribution in [3.8, 4) is 11.5 Å². The summed E-state index contributed by atoms with van der Waals surface area (Å²) in [5.41, 5.74) is 0.0738. The first kappa shape index (κ1) is 19.0. The number of aromatic carboxylic acids is 1. The van der Waals surface area contributed by atoms with Crippen LogP contribution < -0.4 is 14.8 Å². The van der Waals surface area contributed by atoms with Gasteiger partial charge in [-0.2, -0.15) is 8.78 Å². The van der Waals surface area contributed by atoms with Crippen LogP contribution >= 0.6 is 0 Å². The van der Waals surface area contributed by atoms with E-state index in [0.29, 0.717) is 0 Å². The zero-order valence-corrected chi connectivity index (χ0v) is 13.6. The van der Waals surface area contributed by atoms with E-state index in [-0.39, 0.29) is 23.6 Å². The van der Waals surface area contributed by atoms with E-state index in [9.17, 15) is 23.5 Å². The van der Waals surface area contributed by atoms with Crippen LogP contribution in [0, 0.1) is 0 Å². The molecule has 9 heteroatoms. The molecule has 0 unspecified atom stereocenters. The quantitative estimate of drug-likeness (QED) is 0.774. The van der Waals surface area contributed by atoms with Crippen LogP contribution in [0.5, 0.6) is 11.5 Å². The van der Waals surface area contributed by atoms with Gasteiger partial charge in [-0.1, -0.05) is 30.3 Å². The standard InChI is InChI=1S/C17H15F2NO6/c1-24-13-7-11(15(21)22)12(8-14(13)26-16(18)19)20-17(23)25-9-10-5-3-2-4-6-10/h2-8,16H,9H2,1H3,(H,20,23)(H,21,22). The molecule has 2 aromatic rings. The van der Waals surface area contributed by atoms with Gasteiger partial charge in [-0.3, -0.25) is 5.32 Å². The van der Waals surface area contributed by atoms with Gasteiger partial charge >= 0.3 is 18.7 Å². The number of anilines is 1. The minimum Gasteiger partial charge on any atom is -0.493 e. The molecule has 0 aliphatic rings. The van der Waals surface area contributed by atoms with Gasteiger partial charge in [-0.25, -0.2) is 9.59 Å². The molecule has 2 aromatic carbocycles. The van der Waals surface area contributed by atoms with Gasteiger partial charge < -0.3 is 19.3 Å². The van der Waals surface area contributed by atoms with E-state index in [0.717, 1.165) is 17.7 Å². The third kappa shape index (κ3) is 5.07. The molecule has 0 aliphatic heterocycles. The summed E-state index contributed by atoms with van der Waals surface area (Å²) in [5, 5.41) is 11.4. The summed E-state index contributed by atoms with van der Waals surface area (Å²) >= 11 is 0. The van der Waals surface area contributed by atoms with Gasteiger partial charge in [0.1, 0.15) is 6.61 Å². The molecule has 2 rings (SSSR count). The van der Waals surface area contributed by atoms with Crippen molar-refractivity contribution >= 4 is 17.7 Å². The number of amides is 1. The summed E-state index contributed by atoms with van der Waals surface area (Å²) in [6.07, 6.45) is -0.954. The molecule has 0 saturated heterocycles. The average Bonchev–Trinajstić information content (AvgIpc) is 2.60. The third-order valence-corrected chi connectivity index (χ3v) is 3.20. The second-order valence-electron chi connectivity index (χ2n) is 4.92. The maximum atomic E-state index is 12.5. The fourth-order valence-electron chi connectivity index (χ4n) is 2.06. The zero-order valence-electron chi connectivity index (χ0n) is 13.6. The molecular weight excluding hydrogens is 352 g/mol. The van der Waals surface area contributed by atoms with E-state index in [2.05, 4.69) is 10.1 Å². The lowest BCUT2D eigenvalue weighted by molar-refractivity contribution is -0.0511. The highest BCUT2D eigenvalue weighted by Crippen LogP contribution is 2.34. The highest BCUT2D eigenvalue weighted by atomic mass is 19.3. The van der Waals surface area contributed by atoms with Crippen molar-refractivity contribution < 1.29 is 37.7 Å². The molecule has 7 nitrogen and oxygen atoms in total. The number of carboxylic acids is 1. The SMILES string of the molecule is COc1cc(C(=O)O)c(NC(=O)OCc2ccccc2)cc1OC(F)F. The van der Waals surface area contributed by atoms with Crippen molar-refractivity contribution in [3.63, 3.8) is 0 Å². The van der Waals surface area contributed by atoms with Crippen LogP contribution in [0.15, 0.2) is 42.5 Å². The van der Waals surface area contributed by atoms with Crippen LogP contribution in [0.1, 0.15) is 15.9 Å². The smallest absolute Gasteiger partial charge is 0.411 e. The van der Waals surface area contributed by atoms with E-state index >= 15 is 0 Å². The summed E-state index contributed by atoms with van der Waals surface area (Å²) in [4.78, 5) is 23.2. The Morgan fingerprint density at radius 1 is 1.15 bits per heavy atom. The number of rotatable bonds is 7. The number of benzene rings is 2. The Kier molecular flexibility index (Phi) is 6.31. The van der Waals surface area contributed by atoms with Gasteiger partial charge in [-0.15, -0.1) is 0 Å². The number of nitrogens with one attached hydrogen (secondary N) is 1. The fourth-order valence-corrected chi connectivity index (χ4v) is 2.06. The van der Waals surface area contributed by atoms with E-state index in [4.69, 9.17) is 9.47 Å². The molecule has 0 saturated carbocycles. The Balaban J connectivity index is 2.19. The van der Waals surface area contributed by atoms with Crippen LogP contribution in [0.4, 0.5) is 19.3 Å². The van der Waals surface area contributed by atoms with Gasteiger partial charge in [0.25, 0.3) is 0 Å². The highest BCUT2D eigenvalue weighted by Gasteiger charge is 2.20. The Bertz CT molecular complexity index is 782. The fraction of sp³-hybridized carbons (Fsp3) is 0.176. The van der Waals surface area contributed by atoms with Gasteiger partial charge in [0.2, 0.25) is 0 Å². The molecule has 0 aliphatic carbocycles. The number of methoxy groups -OCH3 is 1. The Morgan fingerprint density at radius 3 is 2.42 bits per heavy atom. The number of alkyl halides is 2. The van der Waals surface area contributed by atoms with Crippen LogP contribution in [-0.2, 0) is 11.3 Å². The van der Waals surface area contributed by atoms with Crippen molar-refractivity contribution in [2.45, 2.75) is 13.2 Å². The monoisotopic (exact) mass is 367 g/mol. The van der Waals surface area contributed by atoms with E-state index in [1.807, 2.05) is 0 Å². The number of carbonyl (C=O) groups excluding carboxylic acids is 1. The number of carboxylic acid groups (broad SMARTS) is 1. The summed E-state index contributed by atoms with van der Waals surface area (Å²) < 4.78 is 39.1. The summed E-state index contributed by atoms with van der Waals surface area (Å²) in [6, 6.07) is 10.7. The lowest BCUT2D eigenvalue weighted by atomic mass is 10.1. The van der Waals surface area contributed by atoms with Gasteiger partial charge in [0.05, 0.1) is 18.4 Å². The van der Waals surface area contributed by atoms with Crippen LogP contribution in [0.25, 0.3) is 0 Å². The van der Waals surface area contributed by atoms with Crippen molar-refractivity contribution in [2.75, 3.05) is 12.4 Å². The molecule has 0 aromatic heterocycles. The van der Waals surface area contributed by atoms with E-state index in [1.54, 1.807) is 30.3 Å². The normalized spacial score (nSPS) is 10.3. The molecule has 0 heterocycles. The van der Waals surface area contributed by atoms with Crippen molar-refractivity contribution in [1.82, 2.24) is 0 Å². The van der Waals surface area contributed by atoms with Gasteiger partial charge in [0, 0.05) is 12.1 Å². The Morgan fingerprint density at radius 2 is 1.85 bits per heavy atom. The Hall–Kier alpha value is -3.36.